The van der Waals surface area contributed by atoms with E-state index in [1.165, 1.54) is 4.90 Å². The van der Waals surface area contributed by atoms with Gasteiger partial charge in [0, 0.05) is 13.1 Å². The van der Waals surface area contributed by atoms with Gasteiger partial charge in [0.05, 0.1) is 6.61 Å². The summed E-state index contributed by atoms with van der Waals surface area (Å²) in [5.74, 6) is -0.785. The maximum Gasteiger partial charge on any atom is 0.408 e. The van der Waals surface area contributed by atoms with Crippen LogP contribution in [0.1, 0.15) is 95.9 Å². The molecular formula is C28H47N3O5. The number of carbonyl (C=O) groups excluding carboxylic acids is 3. The first-order valence-electron chi connectivity index (χ1n) is 13.2. The summed E-state index contributed by atoms with van der Waals surface area (Å²) in [6, 6.07) is 3.73. The third kappa shape index (κ3) is 10.6. The van der Waals surface area contributed by atoms with Crippen molar-refractivity contribution in [2.45, 2.75) is 105 Å². The summed E-state index contributed by atoms with van der Waals surface area (Å²) in [5, 5.41) is 15.5. The molecule has 3 N–H and O–H groups in total. The molecule has 0 saturated carbocycles. The molecule has 0 radical (unpaired) electrons. The number of amides is 3. The van der Waals surface area contributed by atoms with E-state index >= 15 is 0 Å². The topological polar surface area (TPSA) is 108 Å². The molecule has 0 saturated heterocycles. The van der Waals surface area contributed by atoms with Gasteiger partial charge < -0.3 is 25.4 Å². The van der Waals surface area contributed by atoms with Gasteiger partial charge in [-0.15, -0.1) is 0 Å². The number of benzene rings is 1. The fraction of sp³-hybridized carbons (Fsp3) is 0.679. The summed E-state index contributed by atoms with van der Waals surface area (Å²) in [5.41, 5.74) is 1.85. The highest BCUT2D eigenvalue weighted by atomic mass is 16.6. The number of nitrogens with one attached hydrogen (secondary N) is 2. The predicted molar refractivity (Wildman–Crippen MR) is 143 cm³/mol. The van der Waals surface area contributed by atoms with Crippen molar-refractivity contribution in [3.8, 4) is 0 Å². The van der Waals surface area contributed by atoms with Gasteiger partial charge in [-0.25, -0.2) is 4.79 Å². The monoisotopic (exact) mass is 505 g/mol. The largest absolute Gasteiger partial charge is 0.444 e. The summed E-state index contributed by atoms with van der Waals surface area (Å²) in [7, 11) is 0. The number of aryl methyl sites for hydroxylation is 2. The second-order valence-electron chi connectivity index (χ2n) is 10.4. The van der Waals surface area contributed by atoms with Crippen molar-refractivity contribution in [1.29, 1.82) is 0 Å². The molecule has 0 fully saturated rings. The molecule has 2 unspecified atom stereocenters. The van der Waals surface area contributed by atoms with E-state index in [1.54, 1.807) is 20.8 Å². The van der Waals surface area contributed by atoms with Crippen LogP contribution in [0.4, 0.5) is 4.79 Å². The molecule has 8 heteroatoms. The molecule has 0 aliphatic heterocycles. The summed E-state index contributed by atoms with van der Waals surface area (Å²) < 4.78 is 5.29. The minimum Gasteiger partial charge on any atom is -0.444 e. The van der Waals surface area contributed by atoms with Crippen LogP contribution in [0.25, 0.3) is 0 Å². The summed E-state index contributed by atoms with van der Waals surface area (Å²) >= 11 is 0. The second kappa shape index (κ2) is 15.5. The van der Waals surface area contributed by atoms with Crippen molar-refractivity contribution >= 4 is 17.9 Å². The number of aliphatic hydroxyl groups excluding tert-OH is 1. The Morgan fingerprint density at radius 2 is 1.67 bits per heavy atom. The Kier molecular flexibility index (Phi) is 13.5. The molecule has 0 spiro atoms. The van der Waals surface area contributed by atoms with Crippen LogP contribution >= 0.6 is 0 Å². The van der Waals surface area contributed by atoms with Gasteiger partial charge in [-0.2, -0.15) is 0 Å². The Labute approximate surface area is 217 Å². The molecule has 0 aromatic heterocycles. The molecular weight excluding hydrogens is 458 g/mol. The first-order chi connectivity index (χ1) is 16.9. The standard InChI is InChI=1S/C28H47N3O5/c1-8-10-12-16-29-25(33)24(22-18-20(3)14-15-21(22)4)31(17-13-11-9-2)26(34)23(19-32)30-27(35)36-28(5,6)7/h14-15,18,23-24,32H,8-13,16-17,19H2,1-7H3,(H,29,33)(H,30,35). The number of hydrogen-bond donors (Lipinski definition) is 3. The van der Waals surface area contributed by atoms with Crippen molar-refractivity contribution in [3.05, 3.63) is 34.9 Å². The Morgan fingerprint density at radius 3 is 2.25 bits per heavy atom. The van der Waals surface area contributed by atoms with Crippen molar-refractivity contribution in [2.24, 2.45) is 0 Å². The molecule has 8 nitrogen and oxygen atoms in total. The fourth-order valence-electron chi connectivity index (χ4n) is 3.92. The van der Waals surface area contributed by atoms with Crippen molar-refractivity contribution in [3.63, 3.8) is 0 Å². The Hall–Kier alpha value is -2.61. The van der Waals surface area contributed by atoms with Crippen LogP contribution in [0.5, 0.6) is 0 Å². The molecule has 0 heterocycles. The highest BCUT2D eigenvalue weighted by Crippen LogP contribution is 2.27. The number of unbranched alkanes of at least 4 members (excludes halogenated alkanes) is 4. The molecule has 36 heavy (non-hydrogen) atoms. The van der Waals surface area contributed by atoms with Gasteiger partial charge in [0.15, 0.2) is 0 Å². The molecule has 1 aromatic carbocycles. The lowest BCUT2D eigenvalue weighted by atomic mass is 9.95. The number of alkyl carbamates (subject to hydrolysis) is 1. The van der Waals surface area contributed by atoms with Crippen LogP contribution in [-0.2, 0) is 14.3 Å². The summed E-state index contributed by atoms with van der Waals surface area (Å²) in [4.78, 5) is 41.3. The van der Waals surface area contributed by atoms with Crippen LogP contribution in [0.2, 0.25) is 0 Å². The van der Waals surface area contributed by atoms with E-state index in [-0.39, 0.29) is 5.91 Å². The third-order valence-corrected chi connectivity index (χ3v) is 5.83. The van der Waals surface area contributed by atoms with E-state index in [9.17, 15) is 19.5 Å². The predicted octanol–water partition coefficient (Wildman–Crippen LogP) is 4.56. The molecule has 1 rings (SSSR count). The van der Waals surface area contributed by atoms with Crippen LogP contribution in [-0.4, -0.2) is 59.3 Å². The lowest BCUT2D eigenvalue weighted by Crippen LogP contribution is -2.54. The number of ether oxygens (including phenoxy) is 1. The average Bonchev–Trinajstić information content (AvgIpc) is 2.80. The van der Waals surface area contributed by atoms with Gasteiger partial charge in [0.1, 0.15) is 17.7 Å². The summed E-state index contributed by atoms with van der Waals surface area (Å²) in [6.45, 7) is 13.4. The number of nitrogens with zero attached hydrogens (tertiary/aromatic N) is 1. The Balaban J connectivity index is 3.40. The number of rotatable bonds is 14. The molecule has 0 aliphatic rings. The first kappa shape index (κ1) is 31.4. The van der Waals surface area contributed by atoms with Crippen molar-refractivity contribution < 1.29 is 24.2 Å². The molecule has 0 aliphatic carbocycles. The summed E-state index contributed by atoms with van der Waals surface area (Å²) in [6.07, 6.45) is 4.61. The zero-order valence-corrected chi connectivity index (χ0v) is 23.3. The van der Waals surface area contributed by atoms with Crippen LogP contribution in [0, 0.1) is 13.8 Å². The van der Waals surface area contributed by atoms with E-state index in [1.807, 2.05) is 32.0 Å². The van der Waals surface area contributed by atoms with Crippen LogP contribution < -0.4 is 10.6 Å². The highest BCUT2D eigenvalue weighted by Gasteiger charge is 2.36. The van der Waals surface area contributed by atoms with Crippen molar-refractivity contribution in [2.75, 3.05) is 19.7 Å². The van der Waals surface area contributed by atoms with Gasteiger partial charge in [-0.1, -0.05) is 63.3 Å². The van der Waals surface area contributed by atoms with Gasteiger partial charge in [-0.05, 0) is 58.6 Å². The average molecular weight is 506 g/mol. The minimum atomic E-state index is -1.23. The van der Waals surface area contributed by atoms with Gasteiger partial charge in [0.25, 0.3) is 0 Å². The first-order valence-corrected chi connectivity index (χ1v) is 13.2. The van der Waals surface area contributed by atoms with Crippen LogP contribution in [0.15, 0.2) is 18.2 Å². The van der Waals surface area contributed by atoms with Crippen molar-refractivity contribution in [1.82, 2.24) is 15.5 Å². The molecule has 3 amide bonds. The molecule has 0 bridgehead atoms. The van der Waals surface area contributed by atoms with Crippen LogP contribution in [0.3, 0.4) is 0 Å². The van der Waals surface area contributed by atoms with E-state index < -0.39 is 36.3 Å². The molecule has 204 valence electrons. The number of aliphatic hydroxyl groups is 1. The van der Waals surface area contributed by atoms with E-state index in [0.29, 0.717) is 19.5 Å². The maximum atomic E-state index is 13.8. The number of carbonyl (C=O) groups is 3. The van der Waals surface area contributed by atoms with Gasteiger partial charge in [0.2, 0.25) is 11.8 Å². The van der Waals surface area contributed by atoms with E-state index in [0.717, 1.165) is 48.8 Å². The van der Waals surface area contributed by atoms with E-state index in [4.69, 9.17) is 4.74 Å². The van der Waals surface area contributed by atoms with E-state index in [2.05, 4.69) is 24.5 Å². The maximum absolute atomic E-state index is 13.8. The fourth-order valence-corrected chi connectivity index (χ4v) is 3.92. The van der Waals surface area contributed by atoms with Gasteiger partial charge >= 0.3 is 6.09 Å². The normalized spacial score (nSPS) is 13.0. The third-order valence-electron chi connectivity index (χ3n) is 5.83. The SMILES string of the molecule is CCCCCNC(=O)C(c1cc(C)ccc1C)N(CCCCC)C(=O)C(CO)NC(=O)OC(C)(C)C. The lowest BCUT2D eigenvalue weighted by molar-refractivity contribution is -0.143. The quantitative estimate of drug-likeness (QED) is 0.321. The smallest absolute Gasteiger partial charge is 0.408 e. The second-order valence-corrected chi connectivity index (χ2v) is 10.4. The highest BCUT2D eigenvalue weighted by molar-refractivity contribution is 5.92. The Bertz CT molecular complexity index is 850. The molecule has 1 aromatic rings. The number of hydrogen-bond acceptors (Lipinski definition) is 5. The minimum absolute atomic E-state index is 0.265. The zero-order chi connectivity index (χ0) is 27.3. The van der Waals surface area contributed by atoms with Gasteiger partial charge in [-0.3, -0.25) is 9.59 Å². The molecule has 2 atom stereocenters. The zero-order valence-electron chi connectivity index (χ0n) is 23.3. The Morgan fingerprint density at radius 1 is 1.03 bits per heavy atom. The lowest BCUT2D eigenvalue weighted by Gasteiger charge is -2.35.